The van der Waals surface area contributed by atoms with Crippen LogP contribution in [0.1, 0.15) is 130 Å². The molecule has 5 aromatic heterocycles. The molecule has 0 saturated carbocycles. The summed E-state index contributed by atoms with van der Waals surface area (Å²) in [5.74, 6) is 0. The van der Waals surface area contributed by atoms with Gasteiger partial charge in [0.2, 0.25) is 0 Å². The number of fused-ring (bicyclic) bond motifs is 46. The Hall–Kier alpha value is -16.4. The van der Waals surface area contributed by atoms with Crippen LogP contribution in [0.3, 0.4) is 0 Å². The fourth-order valence-electron chi connectivity index (χ4n) is 27.7. The van der Waals surface area contributed by atoms with E-state index in [-0.39, 0.29) is 27.5 Å². The molecule has 0 bridgehead atoms. The average molecular weight is 1710 g/mol. The molecule has 0 N–H and O–H groups in total. The molecule has 0 atom stereocenters. The highest BCUT2D eigenvalue weighted by molar-refractivity contribution is 6.28. The predicted molar refractivity (Wildman–Crippen MR) is 551 cm³/mol. The Balaban J connectivity index is 0.0000000980. The van der Waals surface area contributed by atoms with E-state index < -0.39 is 16.2 Å². The van der Waals surface area contributed by atoms with Gasteiger partial charge in [-0.2, -0.15) is 0 Å². The quantitative estimate of drug-likeness (QED) is 0.166. The van der Waals surface area contributed by atoms with Crippen LogP contribution in [0.2, 0.25) is 0 Å². The Bertz CT molecular complexity index is 9490. The highest BCUT2D eigenvalue weighted by atomic mass is 16.1. The van der Waals surface area contributed by atoms with Crippen molar-refractivity contribution >= 4 is 97.6 Å². The van der Waals surface area contributed by atoms with Crippen LogP contribution in [-0.4, -0.2) is 13.4 Å². The van der Waals surface area contributed by atoms with Crippen molar-refractivity contribution in [3.8, 4) is 72.4 Å². The second-order valence-corrected chi connectivity index (χ2v) is 38.5. The van der Waals surface area contributed by atoms with Gasteiger partial charge in [0, 0.05) is 64.7 Å². The minimum atomic E-state index is -0.467. The molecule has 1 aliphatic heterocycles. The molecule has 6 heterocycles. The summed E-state index contributed by atoms with van der Waals surface area (Å²) in [5, 5.41) is 13.3. The third-order valence-electron chi connectivity index (χ3n) is 32.9. The molecule has 3 spiro atoms. The normalized spacial score (nSPS) is 15.0. The van der Waals surface area contributed by atoms with Gasteiger partial charge in [-0.3, -0.25) is 27.8 Å². The first kappa shape index (κ1) is 75.4. The van der Waals surface area contributed by atoms with Crippen molar-refractivity contribution in [1.82, 2.24) is 13.4 Å². The van der Waals surface area contributed by atoms with E-state index in [1.54, 1.807) is 0 Å². The third-order valence-corrected chi connectivity index (χ3v) is 32.9. The molecular formula is C128H83N3O3. The molecule has 6 aliphatic carbocycles. The molecule has 0 fully saturated rings. The zero-order valence-electron chi connectivity index (χ0n) is 74.2. The van der Waals surface area contributed by atoms with E-state index in [4.69, 9.17) is 0 Å². The first-order valence-corrected chi connectivity index (χ1v) is 47.2. The highest BCUT2D eigenvalue weighted by Gasteiger charge is 2.58. The largest absolute Gasteiger partial charge is 0.276 e. The van der Waals surface area contributed by atoms with Gasteiger partial charge in [-0.1, -0.05) is 386 Å². The number of hydrogen-bond donors (Lipinski definition) is 0. The number of rotatable bonds is 3. The predicted octanol–water partition coefficient (Wildman–Crippen LogP) is 29.3. The molecule has 134 heavy (non-hydrogen) atoms. The van der Waals surface area contributed by atoms with Crippen LogP contribution in [-0.2, 0) is 27.1 Å². The maximum atomic E-state index is 14.6. The average Bonchev–Trinajstić information content (AvgIpc) is 1.49. The SMILES string of the molecule is CC1(C)c2ccccc2C2(c3ccccc3-c3c2ccc2c3c3cccc4c5ccccc5c(=O)n2c43)c2ccccc21.CCC1(CC)c2c(ccc3c2-c2ccccc2C32c3ccccc3-c3ccccc32)-n2c(=O)c3ccccc3c3cccc1c32.O=c1c2ccccc2c2cc3c(c4c5cc(-c6ccccc6)ccc5n1c24)-c1ccccc1C31c2ccccc2-c2ccccc21. The van der Waals surface area contributed by atoms with Crippen LogP contribution in [0, 0.1) is 0 Å². The summed E-state index contributed by atoms with van der Waals surface area (Å²) in [6, 6.07) is 147. The first-order chi connectivity index (χ1) is 66.0. The molecule has 628 valence electrons. The number of benzene rings is 19. The van der Waals surface area contributed by atoms with Gasteiger partial charge in [-0.15, -0.1) is 0 Å². The van der Waals surface area contributed by atoms with Crippen LogP contribution in [0.4, 0.5) is 0 Å². The Morgan fingerprint density at radius 2 is 0.582 bits per heavy atom. The fourth-order valence-corrected chi connectivity index (χ4v) is 27.7. The Morgan fingerprint density at radius 1 is 0.224 bits per heavy atom. The third kappa shape index (κ3) is 8.92. The van der Waals surface area contributed by atoms with Crippen molar-refractivity contribution in [2.45, 2.75) is 67.6 Å². The Morgan fingerprint density at radius 3 is 1.10 bits per heavy atom. The number of nitrogens with zero attached hydrogens (tertiary/aromatic N) is 3. The minimum Gasteiger partial charge on any atom is -0.276 e. The summed E-state index contributed by atoms with van der Waals surface area (Å²) < 4.78 is 6.01. The number of para-hydroxylation sites is 2. The summed E-state index contributed by atoms with van der Waals surface area (Å²) in [6.07, 6.45) is 1.88. The molecule has 6 nitrogen and oxygen atoms in total. The van der Waals surface area contributed by atoms with Gasteiger partial charge < -0.3 is 0 Å². The lowest BCUT2D eigenvalue weighted by Gasteiger charge is -2.46. The first-order valence-electron chi connectivity index (χ1n) is 47.2. The van der Waals surface area contributed by atoms with E-state index in [2.05, 4.69) is 390 Å². The number of aromatic nitrogens is 3. The molecule has 0 amide bonds. The van der Waals surface area contributed by atoms with Gasteiger partial charge in [0.15, 0.2) is 0 Å². The van der Waals surface area contributed by atoms with E-state index in [1.807, 2.05) is 57.3 Å². The maximum Gasteiger partial charge on any atom is 0.263 e. The summed E-state index contributed by atoms with van der Waals surface area (Å²) in [6.45, 7) is 9.38. The van der Waals surface area contributed by atoms with Crippen LogP contribution in [0.15, 0.2) is 421 Å². The molecule has 6 heteroatoms. The molecular weight excluding hydrogens is 1630 g/mol. The summed E-state index contributed by atoms with van der Waals surface area (Å²) in [7, 11) is 0. The number of pyridine rings is 3. The van der Waals surface area contributed by atoms with Gasteiger partial charge in [-0.25, -0.2) is 0 Å². The monoisotopic (exact) mass is 1710 g/mol. The summed E-state index contributed by atoms with van der Waals surface area (Å²) in [4.78, 5) is 43.2. The van der Waals surface area contributed by atoms with Crippen LogP contribution in [0.25, 0.3) is 170 Å². The van der Waals surface area contributed by atoms with E-state index >= 15 is 0 Å². The second-order valence-electron chi connectivity index (χ2n) is 38.5. The maximum absolute atomic E-state index is 14.6. The fraction of sp³-hybridized carbons (Fsp3) is 0.0859. The molecule has 7 aliphatic rings. The topological polar surface area (TPSA) is 65.0 Å². The minimum absolute atomic E-state index is 0.0352. The molecule has 0 radical (unpaired) electrons. The summed E-state index contributed by atoms with van der Waals surface area (Å²) >= 11 is 0. The van der Waals surface area contributed by atoms with E-state index in [9.17, 15) is 14.4 Å². The molecule has 24 aromatic rings. The lowest BCUT2D eigenvalue weighted by Crippen LogP contribution is -2.40. The Kier molecular flexibility index (Phi) is 15.0. The van der Waals surface area contributed by atoms with E-state index in [0.717, 1.165) is 122 Å². The highest BCUT2D eigenvalue weighted by Crippen LogP contribution is 2.70. The van der Waals surface area contributed by atoms with Crippen molar-refractivity contribution in [2.75, 3.05) is 0 Å². The van der Waals surface area contributed by atoms with Gasteiger partial charge in [0.25, 0.3) is 16.7 Å². The van der Waals surface area contributed by atoms with Gasteiger partial charge in [0.05, 0.1) is 49.5 Å². The van der Waals surface area contributed by atoms with Crippen molar-refractivity contribution in [3.05, 3.63) is 527 Å². The van der Waals surface area contributed by atoms with Crippen molar-refractivity contribution in [2.24, 2.45) is 0 Å². The van der Waals surface area contributed by atoms with Gasteiger partial charge >= 0.3 is 0 Å². The van der Waals surface area contributed by atoms with Crippen LogP contribution >= 0.6 is 0 Å². The standard InChI is InChI=1S/C44H25NO.C43H31NO.C41H27NO/c46-43-31-17-5-4-14-28(31)33-25-38-40(41-34-24-27(26-12-2-1-3-13-26)22-23-39(34)45(43)42(33)41)32-18-8-11-21-37(32)44(38)35-19-9-6-15-29(35)30-16-7-10-20-36(30)44;1-3-42(4-2)36-23-13-19-29-26-14-5-6-17-30(26)41(45)44(40(29)36)37-25-24-35-38(39(37)42)31-18-9-12-22-34(31)43(35)32-20-10-7-15-27(32)28-16-8-11-21-33(28)43;1-40(2)30-18-7-9-20-32(30)41(33-21-10-8-19-31(33)40)29-17-6-5-14-27(29)36-34(41)22-23-35-37(36)28-16-11-15-25-24-12-3-4-13-26(24)39(43)42(35)38(25)28/h1-25H;5-25H,3-4H2,1-2H3;3-23H,1-2H3. The molecule has 0 unspecified atom stereocenters. The van der Waals surface area contributed by atoms with Gasteiger partial charge in [-0.05, 0) is 233 Å². The van der Waals surface area contributed by atoms with E-state index in [1.165, 1.54) is 150 Å². The Labute approximate surface area is 772 Å². The van der Waals surface area contributed by atoms with Gasteiger partial charge in [0.1, 0.15) is 0 Å². The smallest absolute Gasteiger partial charge is 0.263 e. The second kappa shape index (κ2) is 26.7. The van der Waals surface area contributed by atoms with Crippen molar-refractivity contribution in [3.63, 3.8) is 0 Å². The molecule has 0 saturated heterocycles. The number of hydrogen-bond acceptors (Lipinski definition) is 3. The van der Waals surface area contributed by atoms with Crippen molar-refractivity contribution < 1.29 is 0 Å². The lowest BCUT2D eigenvalue weighted by atomic mass is 9.55. The molecule has 31 rings (SSSR count). The zero-order chi connectivity index (χ0) is 88.9. The van der Waals surface area contributed by atoms with Crippen molar-refractivity contribution in [1.29, 1.82) is 0 Å². The zero-order valence-corrected chi connectivity index (χ0v) is 74.2. The summed E-state index contributed by atoms with van der Waals surface area (Å²) in [5.41, 5.74) is 40.7. The van der Waals surface area contributed by atoms with E-state index in [0.29, 0.717) is 0 Å². The van der Waals surface area contributed by atoms with Crippen LogP contribution < -0.4 is 16.7 Å². The molecule has 19 aromatic carbocycles. The lowest BCUT2D eigenvalue weighted by molar-refractivity contribution is 0.473. The van der Waals surface area contributed by atoms with Crippen LogP contribution in [0.5, 0.6) is 0 Å².